The highest BCUT2D eigenvalue weighted by molar-refractivity contribution is 6.21. The standard InChI is InChI=1S/C52H36N2/c53-51-49(45-32-14-22-36-18-4-8-26-40(36)45)47(43-30-12-20-34-16-2-6-24-38(34)43)48(44-31-13-21-35-17-3-7-25-39(35)44)50(52(51)54)46-28-10-9-27-42(46)41-29-11-19-33-15-1-5-23-37(33)41/h1-32H,53-54H2. The SMILES string of the molecule is Nc1c(N)c(-c2cccc3ccccc23)c(-c2cccc3ccccc23)c(-c2cccc3ccccc23)c1-c1ccccc1-c1cccc2ccccc12. The van der Waals surface area contributed by atoms with Gasteiger partial charge in [-0.3, -0.25) is 0 Å². The van der Waals surface area contributed by atoms with Crippen molar-refractivity contribution < 1.29 is 0 Å². The van der Waals surface area contributed by atoms with Gasteiger partial charge in [-0.25, -0.2) is 0 Å². The maximum absolute atomic E-state index is 7.57. The number of benzene rings is 10. The van der Waals surface area contributed by atoms with Crippen LogP contribution in [0.15, 0.2) is 194 Å². The molecule has 0 spiro atoms. The van der Waals surface area contributed by atoms with Crippen molar-refractivity contribution in [2.24, 2.45) is 0 Å². The van der Waals surface area contributed by atoms with E-state index in [-0.39, 0.29) is 0 Å². The monoisotopic (exact) mass is 688 g/mol. The van der Waals surface area contributed by atoms with Crippen molar-refractivity contribution in [2.75, 3.05) is 11.5 Å². The molecule has 0 fully saturated rings. The highest BCUT2D eigenvalue weighted by Crippen LogP contribution is 2.56. The molecule has 4 N–H and O–H groups in total. The number of hydrogen-bond donors (Lipinski definition) is 2. The summed E-state index contributed by atoms with van der Waals surface area (Å²) in [5, 5.41) is 9.28. The van der Waals surface area contributed by atoms with Gasteiger partial charge in [-0.1, -0.05) is 194 Å². The van der Waals surface area contributed by atoms with Crippen LogP contribution in [0.5, 0.6) is 0 Å². The van der Waals surface area contributed by atoms with Crippen molar-refractivity contribution in [1.82, 2.24) is 0 Å². The minimum absolute atomic E-state index is 0.567. The van der Waals surface area contributed by atoms with Gasteiger partial charge in [0.1, 0.15) is 0 Å². The highest BCUT2D eigenvalue weighted by atomic mass is 14.7. The molecule has 0 radical (unpaired) electrons. The Bertz CT molecular complexity index is 3060. The topological polar surface area (TPSA) is 52.0 Å². The molecule has 0 aromatic heterocycles. The lowest BCUT2D eigenvalue weighted by Crippen LogP contribution is -2.06. The summed E-state index contributed by atoms with van der Waals surface area (Å²) in [4.78, 5) is 0. The summed E-state index contributed by atoms with van der Waals surface area (Å²) in [5.41, 5.74) is 26.8. The van der Waals surface area contributed by atoms with E-state index in [1.807, 2.05) is 0 Å². The van der Waals surface area contributed by atoms with Gasteiger partial charge >= 0.3 is 0 Å². The third-order valence-corrected chi connectivity index (χ3v) is 11.0. The maximum atomic E-state index is 7.57. The number of fused-ring (bicyclic) bond motifs is 4. The molecule has 0 aliphatic rings. The number of nitrogen functional groups attached to an aromatic ring is 2. The van der Waals surface area contributed by atoms with Gasteiger partial charge in [-0.05, 0) is 76.5 Å². The van der Waals surface area contributed by atoms with Crippen LogP contribution in [-0.4, -0.2) is 0 Å². The summed E-state index contributed by atoms with van der Waals surface area (Å²) in [6, 6.07) is 69.3. The predicted molar refractivity (Wildman–Crippen MR) is 232 cm³/mol. The summed E-state index contributed by atoms with van der Waals surface area (Å²) in [7, 11) is 0. The fourth-order valence-corrected chi connectivity index (χ4v) is 8.61. The molecule has 254 valence electrons. The second-order valence-corrected chi connectivity index (χ2v) is 14.0. The zero-order valence-electron chi connectivity index (χ0n) is 29.6. The molecule has 0 aliphatic heterocycles. The average Bonchev–Trinajstić information content (AvgIpc) is 3.24. The molecule has 10 rings (SSSR count). The molecule has 2 nitrogen and oxygen atoms in total. The van der Waals surface area contributed by atoms with Crippen molar-refractivity contribution in [3.8, 4) is 55.6 Å². The van der Waals surface area contributed by atoms with E-state index >= 15 is 0 Å². The van der Waals surface area contributed by atoms with Crippen molar-refractivity contribution in [3.63, 3.8) is 0 Å². The molecule has 0 aliphatic carbocycles. The van der Waals surface area contributed by atoms with Gasteiger partial charge in [0.05, 0.1) is 11.4 Å². The Morgan fingerprint density at radius 3 is 0.889 bits per heavy atom. The summed E-state index contributed by atoms with van der Waals surface area (Å²) >= 11 is 0. The summed E-state index contributed by atoms with van der Waals surface area (Å²) in [6.45, 7) is 0. The molecule has 10 aromatic carbocycles. The van der Waals surface area contributed by atoms with Gasteiger partial charge in [-0.2, -0.15) is 0 Å². The molecule has 0 saturated carbocycles. The van der Waals surface area contributed by atoms with Gasteiger partial charge in [0, 0.05) is 22.3 Å². The minimum atomic E-state index is 0.567. The van der Waals surface area contributed by atoms with Crippen molar-refractivity contribution in [3.05, 3.63) is 194 Å². The lowest BCUT2D eigenvalue weighted by molar-refractivity contribution is 1.56. The molecule has 2 heteroatoms. The zero-order valence-corrected chi connectivity index (χ0v) is 29.6. The van der Waals surface area contributed by atoms with Crippen LogP contribution < -0.4 is 11.5 Å². The fourth-order valence-electron chi connectivity index (χ4n) is 8.61. The average molecular weight is 689 g/mol. The molecule has 0 atom stereocenters. The summed E-state index contributed by atoms with van der Waals surface area (Å²) in [5.74, 6) is 0. The molecule has 0 saturated heterocycles. The molecule has 0 heterocycles. The van der Waals surface area contributed by atoms with Crippen LogP contribution >= 0.6 is 0 Å². The predicted octanol–water partition coefficient (Wildman–Crippen LogP) is 13.8. The number of rotatable bonds is 5. The maximum Gasteiger partial charge on any atom is 0.0640 e. The van der Waals surface area contributed by atoms with Crippen LogP contribution in [0.3, 0.4) is 0 Å². The van der Waals surface area contributed by atoms with Crippen LogP contribution in [0.25, 0.3) is 98.7 Å². The van der Waals surface area contributed by atoms with Crippen LogP contribution in [-0.2, 0) is 0 Å². The first-order chi connectivity index (χ1) is 26.7. The van der Waals surface area contributed by atoms with E-state index in [9.17, 15) is 0 Å². The quantitative estimate of drug-likeness (QED) is 0.177. The lowest BCUT2D eigenvalue weighted by atomic mass is 9.77. The Morgan fingerprint density at radius 2 is 0.463 bits per heavy atom. The zero-order chi connectivity index (χ0) is 36.2. The Balaban J connectivity index is 1.45. The summed E-state index contributed by atoms with van der Waals surface area (Å²) in [6.07, 6.45) is 0. The van der Waals surface area contributed by atoms with Gasteiger partial charge in [0.25, 0.3) is 0 Å². The van der Waals surface area contributed by atoms with E-state index in [0.717, 1.165) is 88.0 Å². The minimum Gasteiger partial charge on any atom is -0.397 e. The number of nitrogens with two attached hydrogens (primary N) is 2. The normalized spacial score (nSPS) is 11.5. The second-order valence-electron chi connectivity index (χ2n) is 14.0. The van der Waals surface area contributed by atoms with Crippen LogP contribution in [0, 0.1) is 0 Å². The molecular formula is C52H36N2. The van der Waals surface area contributed by atoms with E-state index in [2.05, 4.69) is 194 Å². The number of anilines is 2. The molecular weight excluding hydrogens is 653 g/mol. The van der Waals surface area contributed by atoms with E-state index in [1.165, 1.54) is 10.8 Å². The van der Waals surface area contributed by atoms with Crippen molar-refractivity contribution >= 4 is 54.5 Å². The van der Waals surface area contributed by atoms with Crippen LogP contribution in [0.4, 0.5) is 11.4 Å². The van der Waals surface area contributed by atoms with E-state index < -0.39 is 0 Å². The van der Waals surface area contributed by atoms with E-state index in [4.69, 9.17) is 11.5 Å². The van der Waals surface area contributed by atoms with Crippen molar-refractivity contribution in [2.45, 2.75) is 0 Å². The highest BCUT2D eigenvalue weighted by Gasteiger charge is 2.29. The number of hydrogen-bond acceptors (Lipinski definition) is 2. The van der Waals surface area contributed by atoms with Gasteiger partial charge in [0.2, 0.25) is 0 Å². The van der Waals surface area contributed by atoms with Gasteiger partial charge < -0.3 is 11.5 Å². The molecule has 10 aromatic rings. The molecule has 0 unspecified atom stereocenters. The fraction of sp³-hybridized carbons (Fsp3) is 0. The largest absolute Gasteiger partial charge is 0.397 e. The Kier molecular flexibility index (Phi) is 7.49. The van der Waals surface area contributed by atoms with E-state index in [1.54, 1.807) is 0 Å². The first kappa shape index (κ1) is 31.6. The smallest absolute Gasteiger partial charge is 0.0640 e. The van der Waals surface area contributed by atoms with E-state index in [0.29, 0.717) is 11.4 Å². The Labute approximate surface area is 314 Å². The lowest BCUT2D eigenvalue weighted by Gasteiger charge is -2.27. The van der Waals surface area contributed by atoms with Gasteiger partial charge in [-0.15, -0.1) is 0 Å². The van der Waals surface area contributed by atoms with Crippen LogP contribution in [0.1, 0.15) is 0 Å². The van der Waals surface area contributed by atoms with Gasteiger partial charge in [0.15, 0.2) is 0 Å². The second kappa shape index (κ2) is 12.8. The molecule has 54 heavy (non-hydrogen) atoms. The first-order valence-corrected chi connectivity index (χ1v) is 18.4. The Hall–Kier alpha value is -7.16. The summed E-state index contributed by atoms with van der Waals surface area (Å²) < 4.78 is 0. The third-order valence-electron chi connectivity index (χ3n) is 11.0. The van der Waals surface area contributed by atoms with Crippen molar-refractivity contribution in [1.29, 1.82) is 0 Å². The Morgan fingerprint density at radius 1 is 0.204 bits per heavy atom. The molecule has 0 bridgehead atoms. The third kappa shape index (κ3) is 4.96. The first-order valence-electron chi connectivity index (χ1n) is 18.4. The van der Waals surface area contributed by atoms with Crippen LogP contribution in [0.2, 0.25) is 0 Å². The molecule has 0 amide bonds.